The van der Waals surface area contributed by atoms with E-state index in [9.17, 15) is 14.0 Å². The molecule has 0 radical (unpaired) electrons. The molecule has 2 amide bonds. The van der Waals surface area contributed by atoms with Crippen LogP contribution in [0.3, 0.4) is 0 Å². The Hall–Kier alpha value is -3.66. The number of nitrogens with one attached hydrogen (secondary N) is 1. The lowest BCUT2D eigenvalue weighted by Crippen LogP contribution is -2.52. The first-order valence-electron chi connectivity index (χ1n) is 12.2. The van der Waals surface area contributed by atoms with Gasteiger partial charge in [-0.1, -0.05) is 19.1 Å². The summed E-state index contributed by atoms with van der Waals surface area (Å²) in [4.78, 5) is 29.7. The molecule has 190 valence electrons. The third kappa shape index (κ3) is 5.93. The zero-order valence-electron chi connectivity index (χ0n) is 20.8. The summed E-state index contributed by atoms with van der Waals surface area (Å²) in [6.45, 7) is 6.63. The van der Waals surface area contributed by atoms with Crippen LogP contribution in [0.25, 0.3) is 11.4 Å². The highest BCUT2D eigenvalue weighted by Crippen LogP contribution is 2.26. The quantitative estimate of drug-likeness (QED) is 0.490. The Morgan fingerprint density at radius 2 is 2.00 bits per heavy atom. The van der Waals surface area contributed by atoms with E-state index in [0.29, 0.717) is 30.8 Å². The first-order chi connectivity index (χ1) is 17.4. The number of ether oxygens (including phenoxy) is 1. The molecular weight excluding hydrogens is 463 g/mol. The van der Waals surface area contributed by atoms with Crippen LogP contribution in [0.5, 0.6) is 0 Å². The normalized spacial score (nSPS) is 16.1. The van der Waals surface area contributed by atoms with Crippen molar-refractivity contribution in [3.8, 4) is 11.4 Å². The second kappa shape index (κ2) is 11.4. The number of hydrogen-bond donors (Lipinski definition) is 1. The van der Waals surface area contributed by atoms with Gasteiger partial charge in [-0.05, 0) is 79.8 Å². The molecule has 36 heavy (non-hydrogen) atoms. The standard InChI is InChI=1S/C26H31FN6O3/c1-4-22(26(35)28-15-21-6-5-13-36-21)33(23-14-17(2)7-8-18(23)3)24(34)16-32-30-25(29-31-32)19-9-11-20(27)12-10-19/h7-12,14,21-22H,4-6,13,15-16H2,1-3H3,(H,28,35). The zero-order valence-corrected chi connectivity index (χ0v) is 20.8. The number of anilines is 1. The molecule has 2 unspecified atom stereocenters. The maximum absolute atomic E-state index is 13.7. The Labute approximate surface area is 209 Å². The average Bonchev–Trinajstić information content (AvgIpc) is 3.55. The maximum atomic E-state index is 13.7. The smallest absolute Gasteiger partial charge is 0.251 e. The molecule has 1 N–H and O–H groups in total. The minimum atomic E-state index is -0.723. The van der Waals surface area contributed by atoms with Crippen LogP contribution in [0.1, 0.15) is 37.3 Å². The van der Waals surface area contributed by atoms with E-state index >= 15 is 0 Å². The Kier molecular flexibility index (Phi) is 8.04. The molecule has 1 aliphatic rings. The number of carbonyl (C=O) groups is 2. The number of amides is 2. The molecule has 0 aliphatic carbocycles. The highest BCUT2D eigenvalue weighted by atomic mass is 19.1. The predicted molar refractivity (Wildman–Crippen MR) is 133 cm³/mol. The van der Waals surface area contributed by atoms with Crippen molar-refractivity contribution in [2.45, 2.75) is 58.7 Å². The summed E-state index contributed by atoms with van der Waals surface area (Å²) in [6, 6.07) is 10.8. The Morgan fingerprint density at radius 3 is 2.69 bits per heavy atom. The minimum Gasteiger partial charge on any atom is -0.376 e. The average molecular weight is 495 g/mol. The molecule has 1 aliphatic heterocycles. The molecule has 0 spiro atoms. The van der Waals surface area contributed by atoms with Gasteiger partial charge in [0, 0.05) is 24.4 Å². The van der Waals surface area contributed by atoms with E-state index in [1.807, 2.05) is 39.0 Å². The second-order valence-corrected chi connectivity index (χ2v) is 9.01. The number of hydrogen-bond acceptors (Lipinski definition) is 6. The molecule has 4 rings (SSSR count). The van der Waals surface area contributed by atoms with Crippen LogP contribution in [-0.2, 0) is 20.9 Å². The highest BCUT2D eigenvalue weighted by molar-refractivity contribution is 6.01. The van der Waals surface area contributed by atoms with E-state index in [1.54, 1.807) is 12.1 Å². The number of aromatic nitrogens is 4. The molecular formula is C26H31FN6O3. The molecule has 1 fully saturated rings. The summed E-state index contributed by atoms with van der Waals surface area (Å²) in [6.07, 6.45) is 2.31. The van der Waals surface area contributed by atoms with Crippen molar-refractivity contribution in [3.05, 3.63) is 59.4 Å². The fourth-order valence-corrected chi connectivity index (χ4v) is 4.30. The number of tetrazole rings is 1. The first kappa shape index (κ1) is 25.4. The van der Waals surface area contributed by atoms with Crippen LogP contribution < -0.4 is 10.2 Å². The summed E-state index contributed by atoms with van der Waals surface area (Å²) in [5.41, 5.74) is 3.10. The van der Waals surface area contributed by atoms with Gasteiger partial charge in [0.1, 0.15) is 18.4 Å². The molecule has 1 aromatic heterocycles. The van der Waals surface area contributed by atoms with Crippen molar-refractivity contribution in [1.82, 2.24) is 25.5 Å². The van der Waals surface area contributed by atoms with Crippen LogP contribution in [-0.4, -0.2) is 57.3 Å². The van der Waals surface area contributed by atoms with Gasteiger partial charge in [-0.2, -0.15) is 4.80 Å². The van der Waals surface area contributed by atoms with Gasteiger partial charge in [0.15, 0.2) is 0 Å². The van der Waals surface area contributed by atoms with Gasteiger partial charge in [0.2, 0.25) is 11.7 Å². The fourth-order valence-electron chi connectivity index (χ4n) is 4.30. The van der Waals surface area contributed by atoms with E-state index < -0.39 is 6.04 Å². The van der Waals surface area contributed by atoms with Gasteiger partial charge in [-0.3, -0.25) is 14.5 Å². The number of aryl methyl sites for hydroxylation is 2. The molecule has 1 saturated heterocycles. The SMILES string of the molecule is CCC(C(=O)NCC1CCCO1)N(C(=O)Cn1nnc(-c2ccc(F)cc2)n1)c1cc(C)ccc1C. The fraction of sp³-hybridized carbons (Fsp3) is 0.423. The molecule has 3 aromatic rings. The van der Waals surface area contributed by atoms with Crippen molar-refractivity contribution < 1.29 is 18.7 Å². The largest absolute Gasteiger partial charge is 0.376 e. The Morgan fingerprint density at radius 1 is 1.22 bits per heavy atom. The summed E-state index contributed by atoms with van der Waals surface area (Å²) in [7, 11) is 0. The van der Waals surface area contributed by atoms with E-state index in [2.05, 4.69) is 20.7 Å². The number of carbonyl (C=O) groups excluding carboxylic acids is 2. The summed E-state index contributed by atoms with van der Waals surface area (Å²) in [5.74, 6) is -0.664. The van der Waals surface area contributed by atoms with E-state index in [1.165, 1.54) is 21.8 Å². The van der Waals surface area contributed by atoms with Crippen LogP contribution in [0, 0.1) is 19.7 Å². The van der Waals surface area contributed by atoms with E-state index in [0.717, 1.165) is 24.0 Å². The Bertz CT molecular complexity index is 1210. The van der Waals surface area contributed by atoms with Crippen molar-refractivity contribution in [2.75, 3.05) is 18.1 Å². The Balaban J connectivity index is 1.58. The lowest BCUT2D eigenvalue weighted by molar-refractivity contribution is -0.127. The van der Waals surface area contributed by atoms with Gasteiger partial charge in [0.25, 0.3) is 5.91 Å². The highest BCUT2D eigenvalue weighted by Gasteiger charge is 2.32. The number of benzene rings is 2. The third-order valence-corrected chi connectivity index (χ3v) is 6.25. The minimum absolute atomic E-state index is 0.000504. The van der Waals surface area contributed by atoms with Crippen LogP contribution in [0.4, 0.5) is 10.1 Å². The monoisotopic (exact) mass is 494 g/mol. The van der Waals surface area contributed by atoms with Crippen molar-refractivity contribution in [2.24, 2.45) is 0 Å². The van der Waals surface area contributed by atoms with Crippen molar-refractivity contribution >= 4 is 17.5 Å². The van der Waals surface area contributed by atoms with Gasteiger partial charge >= 0.3 is 0 Å². The molecule has 9 nitrogen and oxygen atoms in total. The topological polar surface area (TPSA) is 102 Å². The lowest BCUT2D eigenvalue weighted by atomic mass is 10.1. The number of rotatable bonds is 9. The second-order valence-electron chi connectivity index (χ2n) is 9.01. The zero-order chi connectivity index (χ0) is 25.7. The lowest BCUT2D eigenvalue weighted by Gasteiger charge is -2.32. The predicted octanol–water partition coefficient (Wildman–Crippen LogP) is 3.20. The molecule has 2 heterocycles. The molecule has 0 saturated carbocycles. The van der Waals surface area contributed by atoms with Gasteiger partial charge < -0.3 is 10.1 Å². The van der Waals surface area contributed by atoms with E-state index in [4.69, 9.17) is 4.74 Å². The summed E-state index contributed by atoms with van der Waals surface area (Å²) < 4.78 is 18.9. The molecule has 2 aromatic carbocycles. The van der Waals surface area contributed by atoms with Crippen LogP contribution in [0.2, 0.25) is 0 Å². The van der Waals surface area contributed by atoms with Crippen LogP contribution >= 0.6 is 0 Å². The van der Waals surface area contributed by atoms with Gasteiger partial charge in [-0.25, -0.2) is 4.39 Å². The summed E-state index contributed by atoms with van der Waals surface area (Å²) in [5, 5.41) is 15.3. The van der Waals surface area contributed by atoms with Gasteiger partial charge in [-0.15, -0.1) is 10.2 Å². The maximum Gasteiger partial charge on any atom is 0.251 e. The number of nitrogens with zero attached hydrogens (tertiary/aromatic N) is 5. The summed E-state index contributed by atoms with van der Waals surface area (Å²) >= 11 is 0. The first-order valence-corrected chi connectivity index (χ1v) is 12.2. The molecule has 0 bridgehead atoms. The van der Waals surface area contributed by atoms with Gasteiger partial charge in [0.05, 0.1) is 6.10 Å². The van der Waals surface area contributed by atoms with E-state index in [-0.39, 0.29) is 36.1 Å². The molecule has 2 atom stereocenters. The number of halogens is 1. The van der Waals surface area contributed by atoms with Crippen molar-refractivity contribution in [1.29, 1.82) is 0 Å². The third-order valence-electron chi connectivity index (χ3n) is 6.25. The molecule has 10 heteroatoms. The van der Waals surface area contributed by atoms with Crippen molar-refractivity contribution in [3.63, 3.8) is 0 Å². The van der Waals surface area contributed by atoms with Crippen LogP contribution in [0.15, 0.2) is 42.5 Å².